The Morgan fingerprint density at radius 2 is 2.20 bits per heavy atom. The molecule has 0 spiro atoms. The van der Waals surface area contributed by atoms with Gasteiger partial charge in [-0.15, -0.1) is 6.42 Å². The Labute approximate surface area is 59.7 Å². The first-order valence-corrected chi connectivity index (χ1v) is 2.84. The van der Waals surface area contributed by atoms with E-state index in [2.05, 4.69) is 5.92 Å². The smallest absolute Gasteiger partial charge is 0.336 e. The molecule has 0 saturated carbocycles. The predicted molar refractivity (Wildman–Crippen MR) is 36.3 cm³/mol. The molecule has 0 rings (SSSR count). The third kappa shape index (κ3) is 1.49. The maximum Gasteiger partial charge on any atom is 0.336 e. The van der Waals surface area contributed by atoms with E-state index < -0.39 is 17.5 Å². The second-order valence-corrected chi connectivity index (χ2v) is 2.34. The van der Waals surface area contributed by atoms with E-state index in [4.69, 9.17) is 16.6 Å². The van der Waals surface area contributed by atoms with Crippen molar-refractivity contribution in [1.82, 2.24) is 0 Å². The van der Waals surface area contributed by atoms with Gasteiger partial charge in [0.15, 0.2) is 5.60 Å². The number of carboxylic acids is 1. The first-order valence-electron chi connectivity index (χ1n) is 2.84. The van der Waals surface area contributed by atoms with Gasteiger partial charge in [-0.2, -0.15) is 0 Å². The van der Waals surface area contributed by atoms with E-state index in [0.29, 0.717) is 0 Å². The highest BCUT2D eigenvalue weighted by Crippen LogP contribution is 2.15. The highest BCUT2D eigenvalue weighted by atomic mass is 16.4. The molecule has 2 atom stereocenters. The molecular formula is C7H10O3. The molecule has 0 aromatic carbocycles. The van der Waals surface area contributed by atoms with Crippen LogP contribution in [0.1, 0.15) is 13.8 Å². The van der Waals surface area contributed by atoms with Crippen LogP contribution in [0.15, 0.2) is 0 Å². The van der Waals surface area contributed by atoms with Crippen molar-refractivity contribution < 1.29 is 15.0 Å². The van der Waals surface area contributed by atoms with Crippen molar-refractivity contribution in [3.63, 3.8) is 0 Å². The number of hydrogen-bond acceptors (Lipinski definition) is 2. The van der Waals surface area contributed by atoms with Gasteiger partial charge in [0.05, 0.1) is 5.92 Å². The SMILES string of the molecule is C#C[C@@H](C)[C@@](C)(O)C(=O)O. The summed E-state index contributed by atoms with van der Waals surface area (Å²) < 4.78 is 0. The minimum Gasteiger partial charge on any atom is -0.479 e. The summed E-state index contributed by atoms with van der Waals surface area (Å²) in [4.78, 5) is 10.3. The Bertz CT molecular complexity index is 176. The van der Waals surface area contributed by atoms with Crippen LogP contribution in [0.3, 0.4) is 0 Å². The first kappa shape index (κ1) is 8.99. The van der Waals surface area contributed by atoms with Crippen LogP contribution in [0.2, 0.25) is 0 Å². The average Bonchev–Trinajstić information content (AvgIpc) is 1.86. The molecule has 0 bridgehead atoms. The molecule has 0 radical (unpaired) electrons. The van der Waals surface area contributed by atoms with E-state index in [1.54, 1.807) is 0 Å². The molecule has 56 valence electrons. The zero-order valence-corrected chi connectivity index (χ0v) is 5.96. The number of rotatable bonds is 2. The van der Waals surface area contributed by atoms with Gasteiger partial charge in [0.25, 0.3) is 0 Å². The zero-order chi connectivity index (χ0) is 8.36. The van der Waals surface area contributed by atoms with Gasteiger partial charge in [-0.3, -0.25) is 0 Å². The second-order valence-electron chi connectivity index (χ2n) is 2.34. The van der Waals surface area contributed by atoms with Crippen LogP contribution in [-0.2, 0) is 4.79 Å². The minimum absolute atomic E-state index is 0.676. The molecule has 0 saturated heterocycles. The van der Waals surface area contributed by atoms with Gasteiger partial charge in [-0.1, -0.05) is 5.92 Å². The van der Waals surface area contributed by atoms with Crippen LogP contribution in [0.25, 0.3) is 0 Å². The highest BCUT2D eigenvalue weighted by molar-refractivity contribution is 5.77. The molecule has 0 aromatic heterocycles. The van der Waals surface area contributed by atoms with Crippen molar-refractivity contribution in [2.24, 2.45) is 5.92 Å². The van der Waals surface area contributed by atoms with Crippen molar-refractivity contribution in [3.8, 4) is 12.3 Å². The fourth-order valence-electron chi connectivity index (χ4n) is 0.347. The van der Waals surface area contributed by atoms with Crippen molar-refractivity contribution >= 4 is 5.97 Å². The van der Waals surface area contributed by atoms with E-state index in [1.165, 1.54) is 13.8 Å². The topological polar surface area (TPSA) is 57.5 Å². The summed E-state index contributed by atoms with van der Waals surface area (Å²) in [6.45, 7) is 2.66. The predicted octanol–water partition coefficient (Wildman–Crippen LogP) is 0.0913. The maximum absolute atomic E-state index is 10.3. The highest BCUT2D eigenvalue weighted by Gasteiger charge is 2.35. The number of carboxylic acid groups (broad SMARTS) is 1. The average molecular weight is 142 g/mol. The van der Waals surface area contributed by atoms with Crippen LogP contribution in [0, 0.1) is 18.3 Å². The summed E-state index contributed by atoms with van der Waals surface area (Å²) in [5.74, 6) is 0.186. The molecule has 0 unspecified atom stereocenters. The molecule has 0 aromatic rings. The van der Waals surface area contributed by atoms with Gasteiger partial charge < -0.3 is 10.2 Å². The van der Waals surface area contributed by atoms with Crippen LogP contribution in [0.4, 0.5) is 0 Å². The van der Waals surface area contributed by atoms with Crippen molar-refractivity contribution in [1.29, 1.82) is 0 Å². The Morgan fingerprint density at radius 3 is 2.30 bits per heavy atom. The van der Waals surface area contributed by atoms with Gasteiger partial charge in [-0.25, -0.2) is 4.79 Å². The molecule has 3 nitrogen and oxygen atoms in total. The van der Waals surface area contributed by atoms with E-state index in [-0.39, 0.29) is 0 Å². The van der Waals surface area contributed by atoms with Gasteiger partial charge in [0.2, 0.25) is 0 Å². The Kier molecular flexibility index (Phi) is 2.44. The third-order valence-electron chi connectivity index (χ3n) is 1.53. The molecule has 0 amide bonds. The van der Waals surface area contributed by atoms with Crippen molar-refractivity contribution in [2.45, 2.75) is 19.4 Å². The Morgan fingerprint density at radius 1 is 1.80 bits per heavy atom. The molecule has 0 fully saturated rings. The van der Waals surface area contributed by atoms with Gasteiger partial charge in [0, 0.05) is 0 Å². The summed E-state index contributed by atoms with van der Waals surface area (Å²) >= 11 is 0. The fraction of sp³-hybridized carbons (Fsp3) is 0.571. The quantitative estimate of drug-likeness (QED) is 0.537. The fourth-order valence-corrected chi connectivity index (χ4v) is 0.347. The lowest BCUT2D eigenvalue weighted by Crippen LogP contribution is -2.40. The van der Waals surface area contributed by atoms with E-state index in [9.17, 15) is 4.79 Å². The first-order chi connectivity index (χ1) is 4.42. The van der Waals surface area contributed by atoms with E-state index in [1.807, 2.05) is 0 Å². The van der Waals surface area contributed by atoms with Crippen molar-refractivity contribution in [3.05, 3.63) is 0 Å². The van der Waals surface area contributed by atoms with Crippen LogP contribution >= 0.6 is 0 Å². The Balaban J connectivity index is 4.43. The largest absolute Gasteiger partial charge is 0.479 e. The van der Waals surface area contributed by atoms with E-state index in [0.717, 1.165) is 0 Å². The number of aliphatic carboxylic acids is 1. The summed E-state index contributed by atoms with van der Waals surface area (Å²) in [6.07, 6.45) is 4.92. The molecule has 0 aliphatic rings. The summed E-state index contributed by atoms with van der Waals surface area (Å²) in [6, 6.07) is 0. The molecular weight excluding hydrogens is 132 g/mol. The van der Waals surface area contributed by atoms with Crippen LogP contribution < -0.4 is 0 Å². The number of terminal acetylenes is 1. The van der Waals surface area contributed by atoms with Crippen molar-refractivity contribution in [2.75, 3.05) is 0 Å². The lowest BCUT2D eigenvalue weighted by molar-refractivity contribution is -0.159. The van der Waals surface area contributed by atoms with Crippen LogP contribution in [-0.4, -0.2) is 21.8 Å². The molecule has 3 heteroatoms. The maximum atomic E-state index is 10.3. The lowest BCUT2D eigenvalue weighted by atomic mass is 9.92. The number of hydrogen-bond donors (Lipinski definition) is 2. The molecule has 0 aliphatic heterocycles. The minimum atomic E-state index is -1.81. The summed E-state index contributed by atoms with van der Waals surface area (Å²) in [5.41, 5.74) is -1.81. The van der Waals surface area contributed by atoms with E-state index >= 15 is 0 Å². The molecule has 2 N–H and O–H groups in total. The monoisotopic (exact) mass is 142 g/mol. The second kappa shape index (κ2) is 2.72. The Hall–Kier alpha value is -1.01. The molecule has 0 heterocycles. The molecule has 0 aliphatic carbocycles. The molecule has 10 heavy (non-hydrogen) atoms. The third-order valence-corrected chi connectivity index (χ3v) is 1.53. The summed E-state index contributed by atoms with van der Waals surface area (Å²) in [5, 5.41) is 17.5. The normalized spacial score (nSPS) is 18.6. The number of aliphatic hydroxyl groups is 1. The number of carbonyl (C=O) groups is 1. The van der Waals surface area contributed by atoms with Gasteiger partial charge in [0.1, 0.15) is 0 Å². The zero-order valence-electron chi connectivity index (χ0n) is 5.96. The lowest BCUT2D eigenvalue weighted by Gasteiger charge is -2.20. The van der Waals surface area contributed by atoms with Crippen LogP contribution in [0.5, 0.6) is 0 Å². The van der Waals surface area contributed by atoms with Gasteiger partial charge >= 0.3 is 5.97 Å². The summed E-state index contributed by atoms with van der Waals surface area (Å²) in [7, 11) is 0. The van der Waals surface area contributed by atoms with Gasteiger partial charge in [-0.05, 0) is 13.8 Å². The standard InChI is InChI=1S/C7H10O3/c1-4-5(2)7(3,10)6(8)9/h1,5,10H,2-3H3,(H,8,9)/t5-,7-/m1/s1.